The first-order valence-corrected chi connectivity index (χ1v) is 7.57. The van der Waals surface area contributed by atoms with Crippen LogP contribution in [-0.4, -0.2) is 18.1 Å². The average Bonchev–Trinajstić information content (AvgIpc) is 2.82. The summed E-state index contributed by atoms with van der Waals surface area (Å²) in [5.41, 5.74) is 0.881. The highest BCUT2D eigenvalue weighted by molar-refractivity contribution is 7.99. The minimum absolute atomic E-state index is 0.173. The molecule has 1 fully saturated rings. The van der Waals surface area contributed by atoms with Gasteiger partial charge in [0, 0.05) is 18.0 Å². The van der Waals surface area contributed by atoms with Gasteiger partial charge >= 0.3 is 0 Å². The number of benzene rings is 1. The molecule has 94 valence electrons. The van der Waals surface area contributed by atoms with Gasteiger partial charge in [-0.1, -0.05) is 18.9 Å². The van der Waals surface area contributed by atoms with Crippen molar-refractivity contribution >= 4 is 17.4 Å². The summed E-state index contributed by atoms with van der Waals surface area (Å²) in [7, 11) is 0. The number of halogens is 1. The summed E-state index contributed by atoms with van der Waals surface area (Å²) in [6.45, 7) is 0.918. The molecule has 1 aliphatic carbocycles. The van der Waals surface area contributed by atoms with Crippen LogP contribution in [0, 0.1) is 11.7 Å². The molecule has 0 aliphatic heterocycles. The second-order valence-corrected chi connectivity index (χ2v) is 5.81. The standard InChI is InChI=1S/C14H20FNS/c15-13-6-3-7-14(10-13)16-8-9-17-11-12-4-1-2-5-12/h3,6-7,10,12,16H,1-2,4-5,8-9,11H2. The van der Waals surface area contributed by atoms with Crippen LogP contribution in [-0.2, 0) is 0 Å². The molecule has 1 saturated carbocycles. The van der Waals surface area contributed by atoms with Crippen LogP contribution in [0.5, 0.6) is 0 Å². The van der Waals surface area contributed by atoms with Gasteiger partial charge in [0.15, 0.2) is 0 Å². The molecule has 3 heteroatoms. The van der Waals surface area contributed by atoms with E-state index in [-0.39, 0.29) is 5.82 Å². The SMILES string of the molecule is Fc1cccc(NCCSCC2CCCC2)c1. The van der Waals surface area contributed by atoms with Gasteiger partial charge in [-0.15, -0.1) is 0 Å². The Balaban J connectivity index is 1.56. The Bertz CT molecular complexity index is 337. The molecule has 0 spiro atoms. The fraction of sp³-hybridized carbons (Fsp3) is 0.571. The van der Waals surface area contributed by atoms with Crippen LogP contribution in [0.1, 0.15) is 25.7 Å². The summed E-state index contributed by atoms with van der Waals surface area (Å²) >= 11 is 2.02. The van der Waals surface area contributed by atoms with Crippen LogP contribution >= 0.6 is 11.8 Å². The maximum absolute atomic E-state index is 12.9. The van der Waals surface area contributed by atoms with Crippen molar-refractivity contribution in [1.29, 1.82) is 0 Å². The molecule has 0 atom stereocenters. The highest BCUT2D eigenvalue weighted by Crippen LogP contribution is 2.27. The smallest absolute Gasteiger partial charge is 0.125 e. The van der Waals surface area contributed by atoms with Gasteiger partial charge in [0.1, 0.15) is 5.82 Å². The highest BCUT2D eigenvalue weighted by atomic mass is 32.2. The quantitative estimate of drug-likeness (QED) is 0.764. The Hall–Kier alpha value is -0.700. The van der Waals surface area contributed by atoms with E-state index in [1.165, 1.54) is 37.5 Å². The van der Waals surface area contributed by atoms with E-state index in [2.05, 4.69) is 5.32 Å². The summed E-state index contributed by atoms with van der Waals surface area (Å²) < 4.78 is 12.9. The fourth-order valence-corrected chi connectivity index (χ4v) is 3.37. The maximum Gasteiger partial charge on any atom is 0.125 e. The molecular weight excluding hydrogens is 233 g/mol. The van der Waals surface area contributed by atoms with Gasteiger partial charge in [0.2, 0.25) is 0 Å². The summed E-state index contributed by atoms with van der Waals surface area (Å²) in [4.78, 5) is 0. The minimum atomic E-state index is -0.173. The number of nitrogens with one attached hydrogen (secondary N) is 1. The van der Waals surface area contributed by atoms with Crippen molar-refractivity contribution in [2.45, 2.75) is 25.7 Å². The van der Waals surface area contributed by atoms with Gasteiger partial charge in [-0.2, -0.15) is 11.8 Å². The van der Waals surface area contributed by atoms with Gasteiger partial charge in [-0.25, -0.2) is 4.39 Å². The first-order chi connectivity index (χ1) is 8.34. The van der Waals surface area contributed by atoms with Crippen molar-refractivity contribution in [3.05, 3.63) is 30.1 Å². The first-order valence-electron chi connectivity index (χ1n) is 6.42. The number of anilines is 1. The van der Waals surface area contributed by atoms with Crippen LogP contribution in [0.3, 0.4) is 0 Å². The molecule has 1 nitrogen and oxygen atoms in total. The average molecular weight is 253 g/mol. The summed E-state index contributed by atoms with van der Waals surface area (Å²) in [5.74, 6) is 3.18. The van der Waals surface area contributed by atoms with Crippen molar-refractivity contribution in [3.8, 4) is 0 Å². The molecule has 1 N–H and O–H groups in total. The monoisotopic (exact) mass is 253 g/mol. The van der Waals surface area contributed by atoms with Gasteiger partial charge < -0.3 is 5.32 Å². The molecule has 0 saturated heterocycles. The zero-order valence-corrected chi connectivity index (χ0v) is 10.9. The Labute approximate surface area is 107 Å². The van der Waals surface area contributed by atoms with Crippen molar-refractivity contribution in [1.82, 2.24) is 0 Å². The molecule has 0 unspecified atom stereocenters. The third-order valence-electron chi connectivity index (χ3n) is 3.23. The van der Waals surface area contributed by atoms with E-state index in [1.807, 2.05) is 17.8 Å². The maximum atomic E-state index is 12.9. The van der Waals surface area contributed by atoms with E-state index in [0.29, 0.717) is 0 Å². The van der Waals surface area contributed by atoms with E-state index in [4.69, 9.17) is 0 Å². The molecule has 0 bridgehead atoms. The van der Waals surface area contributed by atoms with Crippen molar-refractivity contribution in [2.24, 2.45) is 5.92 Å². The molecule has 0 aromatic heterocycles. The van der Waals surface area contributed by atoms with E-state index >= 15 is 0 Å². The minimum Gasteiger partial charge on any atom is -0.384 e. The van der Waals surface area contributed by atoms with E-state index in [1.54, 1.807) is 12.1 Å². The van der Waals surface area contributed by atoms with Gasteiger partial charge in [0.05, 0.1) is 0 Å². The zero-order chi connectivity index (χ0) is 11.9. The zero-order valence-electron chi connectivity index (χ0n) is 10.1. The third-order valence-corrected chi connectivity index (χ3v) is 4.43. The number of hydrogen-bond donors (Lipinski definition) is 1. The Morgan fingerprint density at radius 2 is 2.12 bits per heavy atom. The normalized spacial score (nSPS) is 16.3. The molecule has 0 amide bonds. The van der Waals surface area contributed by atoms with Crippen molar-refractivity contribution < 1.29 is 4.39 Å². The Morgan fingerprint density at radius 1 is 1.29 bits per heavy atom. The van der Waals surface area contributed by atoms with Crippen LogP contribution in [0.2, 0.25) is 0 Å². The molecular formula is C14H20FNS. The van der Waals surface area contributed by atoms with Crippen molar-refractivity contribution in [3.63, 3.8) is 0 Å². The van der Waals surface area contributed by atoms with Crippen LogP contribution in [0.15, 0.2) is 24.3 Å². The van der Waals surface area contributed by atoms with E-state index < -0.39 is 0 Å². The third kappa shape index (κ3) is 4.58. The van der Waals surface area contributed by atoms with Crippen molar-refractivity contribution in [2.75, 3.05) is 23.4 Å². The van der Waals surface area contributed by atoms with Crippen LogP contribution in [0.25, 0.3) is 0 Å². The van der Waals surface area contributed by atoms with E-state index in [0.717, 1.165) is 23.9 Å². The topological polar surface area (TPSA) is 12.0 Å². The molecule has 1 aromatic rings. The second kappa shape index (κ2) is 6.90. The highest BCUT2D eigenvalue weighted by Gasteiger charge is 2.14. The Kier molecular flexibility index (Phi) is 5.17. The van der Waals surface area contributed by atoms with Crippen LogP contribution in [0.4, 0.5) is 10.1 Å². The lowest BCUT2D eigenvalue weighted by Gasteiger charge is -2.09. The van der Waals surface area contributed by atoms with Gasteiger partial charge in [-0.05, 0) is 42.7 Å². The molecule has 0 heterocycles. The largest absolute Gasteiger partial charge is 0.384 e. The number of thioether (sulfide) groups is 1. The lowest BCUT2D eigenvalue weighted by Crippen LogP contribution is -2.06. The van der Waals surface area contributed by atoms with Gasteiger partial charge in [-0.3, -0.25) is 0 Å². The number of hydrogen-bond acceptors (Lipinski definition) is 2. The lowest BCUT2D eigenvalue weighted by atomic mass is 10.1. The second-order valence-electron chi connectivity index (χ2n) is 4.66. The van der Waals surface area contributed by atoms with Gasteiger partial charge in [0.25, 0.3) is 0 Å². The molecule has 1 aromatic carbocycles. The number of rotatable bonds is 6. The molecule has 1 aliphatic rings. The molecule has 2 rings (SSSR count). The predicted octanol–water partition coefficient (Wildman–Crippen LogP) is 4.16. The summed E-state index contributed by atoms with van der Waals surface area (Å²) in [6, 6.07) is 6.66. The van der Waals surface area contributed by atoms with E-state index in [9.17, 15) is 4.39 Å². The van der Waals surface area contributed by atoms with Crippen LogP contribution < -0.4 is 5.32 Å². The fourth-order valence-electron chi connectivity index (χ4n) is 2.29. The lowest BCUT2D eigenvalue weighted by molar-refractivity contribution is 0.623. The molecule has 0 radical (unpaired) electrons. The summed E-state index contributed by atoms with van der Waals surface area (Å²) in [6.07, 6.45) is 5.69. The Morgan fingerprint density at radius 3 is 2.88 bits per heavy atom. The first kappa shape index (κ1) is 12.7. The predicted molar refractivity (Wildman–Crippen MR) is 74.2 cm³/mol. The molecule has 17 heavy (non-hydrogen) atoms. The summed E-state index contributed by atoms with van der Waals surface area (Å²) in [5, 5.41) is 3.25.